The molecule has 0 radical (unpaired) electrons. The fourth-order valence-corrected chi connectivity index (χ4v) is 2.92. The first-order chi connectivity index (χ1) is 9.61. The van der Waals surface area contributed by atoms with Crippen LogP contribution in [-0.4, -0.2) is 6.61 Å². The van der Waals surface area contributed by atoms with Crippen LogP contribution in [0.1, 0.15) is 18.1 Å². The average Bonchev–Trinajstić information content (AvgIpc) is 2.42. The first-order valence-corrected chi connectivity index (χ1v) is 7.49. The lowest BCUT2D eigenvalue weighted by Gasteiger charge is -2.11. The fraction of sp³-hybridized carbons (Fsp3) is 0.250. The molecule has 0 heterocycles. The van der Waals surface area contributed by atoms with Crippen molar-refractivity contribution in [2.45, 2.75) is 24.5 Å². The average molecular weight is 291 g/mol. The van der Waals surface area contributed by atoms with E-state index >= 15 is 0 Å². The molecule has 4 heteroatoms. The molecular formula is C16H18FNOS. The van der Waals surface area contributed by atoms with Gasteiger partial charge in [0.25, 0.3) is 0 Å². The van der Waals surface area contributed by atoms with Crippen molar-refractivity contribution < 1.29 is 9.13 Å². The van der Waals surface area contributed by atoms with Crippen LogP contribution >= 0.6 is 11.8 Å². The van der Waals surface area contributed by atoms with Gasteiger partial charge < -0.3 is 10.5 Å². The number of hydrogen-bond acceptors (Lipinski definition) is 3. The molecule has 0 aliphatic rings. The van der Waals surface area contributed by atoms with Gasteiger partial charge in [0.05, 0.1) is 6.61 Å². The number of halogens is 1. The predicted molar refractivity (Wildman–Crippen MR) is 82.7 cm³/mol. The largest absolute Gasteiger partial charge is 0.491 e. The van der Waals surface area contributed by atoms with Gasteiger partial charge in [-0.3, -0.25) is 0 Å². The molecule has 106 valence electrons. The molecule has 0 aliphatic heterocycles. The summed E-state index contributed by atoms with van der Waals surface area (Å²) in [6.45, 7) is 4.34. The van der Waals surface area contributed by atoms with E-state index in [1.807, 2.05) is 19.1 Å². The maximum atomic E-state index is 13.6. The van der Waals surface area contributed by atoms with Crippen molar-refractivity contribution in [3.63, 3.8) is 0 Å². The van der Waals surface area contributed by atoms with Crippen LogP contribution in [-0.2, 0) is 5.75 Å². The minimum Gasteiger partial charge on any atom is -0.491 e. The lowest BCUT2D eigenvalue weighted by atomic mass is 10.1. The Bertz CT molecular complexity index is 601. The zero-order chi connectivity index (χ0) is 14.5. The van der Waals surface area contributed by atoms with E-state index in [1.54, 1.807) is 17.8 Å². The molecule has 2 aromatic carbocycles. The van der Waals surface area contributed by atoms with Crippen molar-refractivity contribution in [3.05, 3.63) is 53.3 Å². The summed E-state index contributed by atoms with van der Waals surface area (Å²) < 4.78 is 18.9. The molecule has 0 atom stereocenters. The van der Waals surface area contributed by atoms with Gasteiger partial charge in [-0.15, -0.1) is 11.8 Å². The maximum absolute atomic E-state index is 13.6. The van der Waals surface area contributed by atoms with Gasteiger partial charge in [-0.05, 0) is 31.0 Å². The van der Waals surface area contributed by atoms with Crippen LogP contribution in [0.5, 0.6) is 5.75 Å². The van der Waals surface area contributed by atoms with Crippen LogP contribution in [0.3, 0.4) is 0 Å². The normalized spacial score (nSPS) is 10.6. The number of nitrogen functional groups attached to an aromatic ring is 1. The van der Waals surface area contributed by atoms with E-state index in [0.717, 1.165) is 10.6 Å². The molecular weight excluding hydrogens is 273 g/mol. The molecule has 0 spiro atoms. The van der Waals surface area contributed by atoms with Gasteiger partial charge in [-0.25, -0.2) is 4.39 Å². The smallest absolute Gasteiger partial charge is 0.167 e. The summed E-state index contributed by atoms with van der Waals surface area (Å²) in [5, 5.41) is 0. The highest BCUT2D eigenvalue weighted by molar-refractivity contribution is 7.98. The summed E-state index contributed by atoms with van der Waals surface area (Å²) >= 11 is 1.59. The Morgan fingerprint density at radius 3 is 2.70 bits per heavy atom. The molecule has 0 aliphatic carbocycles. The van der Waals surface area contributed by atoms with E-state index < -0.39 is 5.82 Å². The summed E-state index contributed by atoms with van der Waals surface area (Å²) in [6, 6.07) is 11.2. The van der Waals surface area contributed by atoms with Crippen LogP contribution in [0.4, 0.5) is 10.1 Å². The minimum atomic E-state index is -0.412. The standard InChI is InChI=1S/C16H18FNOS/c1-3-19-15-9-16(14(18)8-13(15)17)20-10-12-7-5-4-6-11(12)2/h4-9H,3,10,18H2,1-2H3. The second-order valence-corrected chi connectivity index (χ2v) is 5.49. The van der Waals surface area contributed by atoms with Crippen LogP contribution in [0.2, 0.25) is 0 Å². The van der Waals surface area contributed by atoms with Gasteiger partial charge in [-0.1, -0.05) is 24.3 Å². The fourth-order valence-electron chi connectivity index (χ4n) is 1.87. The molecule has 0 bridgehead atoms. The summed E-state index contributed by atoms with van der Waals surface area (Å²) in [5.41, 5.74) is 8.81. The maximum Gasteiger partial charge on any atom is 0.167 e. The first kappa shape index (κ1) is 14.7. The Hall–Kier alpha value is -1.68. The Kier molecular flexibility index (Phi) is 4.90. The van der Waals surface area contributed by atoms with Gasteiger partial charge >= 0.3 is 0 Å². The molecule has 0 fully saturated rings. The SMILES string of the molecule is CCOc1cc(SCc2ccccc2C)c(N)cc1F. The monoisotopic (exact) mass is 291 g/mol. The molecule has 2 nitrogen and oxygen atoms in total. The molecule has 0 unspecified atom stereocenters. The highest BCUT2D eigenvalue weighted by atomic mass is 32.2. The van der Waals surface area contributed by atoms with Crippen molar-refractivity contribution in [2.75, 3.05) is 12.3 Å². The van der Waals surface area contributed by atoms with Crippen LogP contribution in [0, 0.1) is 12.7 Å². The van der Waals surface area contributed by atoms with Crippen LogP contribution in [0.25, 0.3) is 0 Å². The van der Waals surface area contributed by atoms with E-state index in [-0.39, 0.29) is 5.75 Å². The highest BCUT2D eigenvalue weighted by Gasteiger charge is 2.10. The number of ether oxygens (including phenoxy) is 1. The van der Waals surface area contributed by atoms with Crippen molar-refractivity contribution >= 4 is 17.4 Å². The Morgan fingerprint density at radius 1 is 1.25 bits per heavy atom. The van der Waals surface area contributed by atoms with E-state index in [9.17, 15) is 4.39 Å². The Balaban J connectivity index is 2.17. The molecule has 20 heavy (non-hydrogen) atoms. The summed E-state index contributed by atoms with van der Waals surface area (Å²) in [6.07, 6.45) is 0. The minimum absolute atomic E-state index is 0.258. The number of anilines is 1. The van der Waals surface area contributed by atoms with Crippen LogP contribution < -0.4 is 10.5 Å². The molecule has 0 amide bonds. The number of aryl methyl sites for hydroxylation is 1. The van der Waals surface area contributed by atoms with Crippen molar-refractivity contribution in [3.8, 4) is 5.75 Å². The van der Waals surface area contributed by atoms with Gasteiger partial charge in [0.15, 0.2) is 11.6 Å². The third-order valence-electron chi connectivity index (χ3n) is 3.01. The summed E-state index contributed by atoms with van der Waals surface area (Å²) in [5.74, 6) is 0.646. The van der Waals surface area contributed by atoms with Crippen molar-refractivity contribution in [2.24, 2.45) is 0 Å². The second-order valence-electron chi connectivity index (χ2n) is 4.47. The Morgan fingerprint density at radius 2 is 2.00 bits per heavy atom. The van der Waals surface area contributed by atoms with E-state index in [1.165, 1.54) is 17.2 Å². The molecule has 2 aromatic rings. The van der Waals surface area contributed by atoms with Gasteiger partial charge in [0.1, 0.15) is 0 Å². The summed E-state index contributed by atoms with van der Waals surface area (Å²) in [4.78, 5) is 0.845. The Labute approximate surface area is 123 Å². The third-order valence-corrected chi connectivity index (χ3v) is 4.13. The molecule has 0 aromatic heterocycles. The number of benzene rings is 2. The number of rotatable bonds is 5. The lowest BCUT2D eigenvalue weighted by Crippen LogP contribution is -1.98. The van der Waals surface area contributed by atoms with Gasteiger partial charge in [-0.2, -0.15) is 0 Å². The van der Waals surface area contributed by atoms with Crippen molar-refractivity contribution in [1.82, 2.24) is 0 Å². The second kappa shape index (κ2) is 6.66. The van der Waals surface area contributed by atoms with E-state index in [4.69, 9.17) is 10.5 Å². The summed E-state index contributed by atoms with van der Waals surface area (Å²) in [7, 11) is 0. The zero-order valence-corrected chi connectivity index (χ0v) is 12.5. The number of thioether (sulfide) groups is 1. The van der Waals surface area contributed by atoms with E-state index in [2.05, 4.69) is 19.1 Å². The highest BCUT2D eigenvalue weighted by Crippen LogP contribution is 2.33. The molecule has 2 N–H and O–H groups in total. The van der Waals surface area contributed by atoms with Crippen molar-refractivity contribution in [1.29, 1.82) is 0 Å². The predicted octanol–water partition coefficient (Wildman–Crippen LogP) is 4.41. The zero-order valence-electron chi connectivity index (χ0n) is 11.7. The quantitative estimate of drug-likeness (QED) is 0.654. The number of hydrogen-bond donors (Lipinski definition) is 1. The molecule has 0 saturated carbocycles. The first-order valence-electron chi connectivity index (χ1n) is 6.51. The molecule has 0 saturated heterocycles. The lowest BCUT2D eigenvalue weighted by molar-refractivity contribution is 0.321. The van der Waals surface area contributed by atoms with Gasteiger partial charge in [0, 0.05) is 22.4 Å². The van der Waals surface area contributed by atoms with E-state index in [0.29, 0.717) is 12.3 Å². The molecule has 2 rings (SSSR count). The topological polar surface area (TPSA) is 35.2 Å². The van der Waals surface area contributed by atoms with Gasteiger partial charge in [0.2, 0.25) is 0 Å². The third kappa shape index (κ3) is 3.45. The van der Waals surface area contributed by atoms with Crippen LogP contribution in [0.15, 0.2) is 41.3 Å². The number of nitrogens with two attached hydrogens (primary N) is 1.